The van der Waals surface area contributed by atoms with Crippen molar-refractivity contribution in [3.63, 3.8) is 0 Å². The molecule has 1 aromatic heterocycles. The zero-order valence-electron chi connectivity index (χ0n) is 11.5. The SMILES string of the molecule is COCC1CCC(c2ccnc3ccccc23)CC1. The number of nitrogens with zero attached hydrogens (tertiary/aromatic N) is 1. The van der Waals surface area contributed by atoms with E-state index in [-0.39, 0.29) is 0 Å². The van der Waals surface area contributed by atoms with Crippen LogP contribution in [0.3, 0.4) is 0 Å². The van der Waals surface area contributed by atoms with Gasteiger partial charge >= 0.3 is 0 Å². The summed E-state index contributed by atoms with van der Waals surface area (Å²) in [6.45, 7) is 0.920. The number of rotatable bonds is 3. The smallest absolute Gasteiger partial charge is 0.0704 e. The van der Waals surface area contributed by atoms with E-state index in [1.165, 1.54) is 36.6 Å². The second-order valence-electron chi connectivity index (χ2n) is 5.59. The maximum absolute atomic E-state index is 5.28. The standard InChI is InChI=1S/C17H21NO/c1-19-12-13-6-8-14(9-7-13)15-10-11-18-17-5-3-2-4-16(15)17/h2-5,10-11,13-14H,6-9,12H2,1H3. The molecular formula is C17H21NO. The van der Waals surface area contributed by atoms with Gasteiger partial charge in [0.1, 0.15) is 0 Å². The van der Waals surface area contributed by atoms with Gasteiger partial charge < -0.3 is 4.74 Å². The average molecular weight is 255 g/mol. The Hall–Kier alpha value is -1.41. The van der Waals surface area contributed by atoms with Gasteiger partial charge in [-0.25, -0.2) is 0 Å². The van der Waals surface area contributed by atoms with Crippen LogP contribution < -0.4 is 0 Å². The van der Waals surface area contributed by atoms with Crippen molar-refractivity contribution in [1.29, 1.82) is 0 Å². The van der Waals surface area contributed by atoms with Gasteiger partial charge in [-0.1, -0.05) is 18.2 Å². The Labute approximate surface area is 114 Å². The molecule has 1 aliphatic carbocycles. The third-order valence-corrected chi connectivity index (χ3v) is 4.37. The number of fused-ring (bicyclic) bond motifs is 1. The molecule has 0 bridgehead atoms. The summed E-state index contributed by atoms with van der Waals surface area (Å²) in [7, 11) is 1.81. The number of methoxy groups -OCH3 is 1. The van der Waals surface area contributed by atoms with Crippen LogP contribution in [-0.2, 0) is 4.74 Å². The quantitative estimate of drug-likeness (QED) is 0.821. The van der Waals surface area contributed by atoms with Gasteiger partial charge in [-0.2, -0.15) is 0 Å². The van der Waals surface area contributed by atoms with Crippen LogP contribution in [0.4, 0.5) is 0 Å². The highest BCUT2D eigenvalue weighted by molar-refractivity contribution is 5.82. The van der Waals surface area contributed by atoms with E-state index >= 15 is 0 Å². The fourth-order valence-electron chi connectivity index (χ4n) is 3.35. The molecule has 0 unspecified atom stereocenters. The molecule has 1 aliphatic rings. The zero-order valence-corrected chi connectivity index (χ0v) is 11.5. The van der Waals surface area contributed by atoms with Gasteiger partial charge in [-0.3, -0.25) is 4.98 Å². The summed E-state index contributed by atoms with van der Waals surface area (Å²) in [6, 6.07) is 10.7. The van der Waals surface area contributed by atoms with Crippen molar-refractivity contribution < 1.29 is 4.74 Å². The van der Waals surface area contributed by atoms with Crippen LogP contribution in [0.25, 0.3) is 10.9 Å². The molecule has 19 heavy (non-hydrogen) atoms. The molecular weight excluding hydrogens is 234 g/mol. The summed E-state index contributed by atoms with van der Waals surface area (Å²) in [5, 5.41) is 1.33. The minimum atomic E-state index is 0.695. The molecule has 2 aromatic rings. The van der Waals surface area contributed by atoms with Crippen molar-refractivity contribution in [2.75, 3.05) is 13.7 Å². The molecule has 0 N–H and O–H groups in total. The third-order valence-electron chi connectivity index (χ3n) is 4.37. The number of hydrogen-bond donors (Lipinski definition) is 0. The van der Waals surface area contributed by atoms with Crippen LogP contribution in [0.15, 0.2) is 36.5 Å². The van der Waals surface area contributed by atoms with E-state index in [1.54, 1.807) is 0 Å². The highest BCUT2D eigenvalue weighted by Crippen LogP contribution is 2.38. The topological polar surface area (TPSA) is 22.1 Å². The molecule has 2 nitrogen and oxygen atoms in total. The Morgan fingerprint density at radius 1 is 1.11 bits per heavy atom. The summed E-state index contributed by atoms with van der Waals surface area (Å²) in [5.74, 6) is 1.45. The minimum Gasteiger partial charge on any atom is -0.384 e. The van der Waals surface area contributed by atoms with E-state index in [0.717, 1.165) is 18.0 Å². The summed E-state index contributed by atoms with van der Waals surface area (Å²) in [4.78, 5) is 4.46. The Bertz CT molecular complexity index is 538. The lowest BCUT2D eigenvalue weighted by atomic mass is 9.78. The van der Waals surface area contributed by atoms with Gasteiger partial charge in [0, 0.05) is 25.3 Å². The van der Waals surface area contributed by atoms with Gasteiger partial charge in [0.2, 0.25) is 0 Å². The first-order chi connectivity index (χ1) is 9.38. The van der Waals surface area contributed by atoms with E-state index in [0.29, 0.717) is 5.92 Å². The number of hydrogen-bond acceptors (Lipinski definition) is 2. The Morgan fingerprint density at radius 2 is 1.89 bits per heavy atom. The van der Waals surface area contributed by atoms with Crippen molar-refractivity contribution in [1.82, 2.24) is 4.98 Å². The van der Waals surface area contributed by atoms with Crippen LogP contribution in [0.1, 0.15) is 37.2 Å². The van der Waals surface area contributed by atoms with Gasteiger partial charge in [0.05, 0.1) is 5.52 Å². The van der Waals surface area contributed by atoms with Crippen LogP contribution in [0, 0.1) is 5.92 Å². The molecule has 1 fully saturated rings. The van der Waals surface area contributed by atoms with Crippen molar-refractivity contribution >= 4 is 10.9 Å². The van der Waals surface area contributed by atoms with Gasteiger partial charge in [0.15, 0.2) is 0 Å². The van der Waals surface area contributed by atoms with E-state index in [9.17, 15) is 0 Å². The summed E-state index contributed by atoms with van der Waals surface area (Å²) in [5.41, 5.74) is 2.61. The Morgan fingerprint density at radius 3 is 2.68 bits per heavy atom. The van der Waals surface area contributed by atoms with Gasteiger partial charge in [-0.05, 0) is 55.2 Å². The van der Waals surface area contributed by atoms with E-state index in [2.05, 4.69) is 35.3 Å². The number of benzene rings is 1. The summed E-state index contributed by atoms with van der Waals surface area (Å²) < 4.78 is 5.28. The van der Waals surface area contributed by atoms with Crippen molar-refractivity contribution in [3.8, 4) is 0 Å². The maximum atomic E-state index is 5.28. The van der Waals surface area contributed by atoms with Crippen LogP contribution in [0.2, 0.25) is 0 Å². The second-order valence-corrected chi connectivity index (χ2v) is 5.59. The molecule has 2 heteroatoms. The summed E-state index contributed by atoms with van der Waals surface area (Å²) >= 11 is 0. The van der Waals surface area contributed by atoms with Crippen LogP contribution in [-0.4, -0.2) is 18.7 Å². The Kier molecular flexibility index (Phi) is 3.79. The third kappa shape index (κ3) is 2.64. The van der Waals surface area contributed by atoms with Crippen LogP contribution in [0.5, 0.6) is 0 Å². The van der Waals surface area contributed by atoms with Crippen molar-refractivity contribution in [3.05, 3.63) is 42.1 Å². The summed E-state index contributed by atoms with van der Waals surface area (Å²) in [6.07, 6.45) is 7.09. The maximum Gasteiger partial charge on any atom is 0.0704 e. The highest BCUT2D eigenvalue weighted by atomic mass is 16.5. The molecule has 0 spiro atoms. The number of ether oxygens (including phenoxy) is 1. The number of para-hydroxylation sites is 1. The van der Waals surface area contributed by atoms with Crippen molar-refractivity contribution in [2.45, 2.75) is 31.6 Å². The lowest BCUT2D eigenvalue weighted by Gasteiger charge is -2.28. The molecule has 1 heterocycles. The largest absolute Gasteiger partial charge is 0.384 e. The molecule has 1 aromatic carbocycles. The van der Waals surface area contributed by atoms with E-state index in [4.69, 9.17) is 4.74 Å². The van der Waals surface area contributed by atoms with Gasteiger partial charge in [-0.15, -0.1) is 0 Å². The first-order valence-corrected chi connectivity index (χ1v) is 7.21. The van der Waals surface area contributed by atoms with E-state index < -0.39 is 0 Å². The van der Waals surface area contributed by atoms with Crippen molar-refractivity contribution in [2.24, 2.45) is 5.92 Å². The molecule has 0 saturated heterocycles. The predicted molar refractivity (Wildman–Crippen MR) is 78.3 cm³/mol. The molecule has 100 valence electrons. The molecule has 0 radical (unpaired) electrons. The first-order valence-electron chi connectivity index (χ1n) is 7.21. The number of aromatic nitrogens is 1. The van der Waals surface area contributed by atoms with Crippen LogP contribution >= 0.6 is 0 Å². The van der Waals surface area contributed by atoms with E-state index in [1.807, 2.05) is 13.3 Å². The fraction of sp³-hybridized carbons (Fsp3) is 0.471. The number of pyridine rings is 1. The average Bonchev–Trinajstić information content (AvgIpc) is 2.48. The molecule has 3 rings (SSSR count). The fourth-order valence-corrected chi connectivity index (χ4v) is 3.35. The molecule has 0 atom stereocenters. The molecule has 1 saturated carbocycles. The monoisotopic (exact) mass is 255 g/mol. The lowest BCUT2D eigenvalue weighted by molar-refractivity contribution is 0.127. The molecule has 0 amide bonds. The normalized spacial score (nSPS) is 23.6. The predicted octanol–water partition coefficient (Wildman–Crippen LogP) is 4.16. The lowest BCUT2D eigenvalue weighted by Crippen LogP contribution is -2.17. The Balaban J connectivity index is 1.82. The highest BCUT2D eigenvalue weighted by Gasteiger charge is 2.23. The molecule has 0 aliphatic heterocycles. The van der Waals surface area contributed by atoms with Gasteiger partial charge in [0.25, 0.3) is 0 Å². The minimum absolute atomic E-state index is 0.695. The zero-order chi connectivity index (χ0) is 13.1. The first kappa shape index (κ1) is 12.6. The second kappa shape index (κ2) is 5.70.